The topological polar surface area (TPSA) is 260 Å². The van der Waals surface area contributed by atoms with Gasteiger partial charge < -0.3 is 43.4 Å². The van der Waals surface area contributed by atoms with Gasteiger partial charge in [-0.05, 0) is 24.3 Å². The molecule has 0 heterocycles. The summed E-state index contributed by atoms with van der Waals surface area (Å²) in [5, 5.41) is 35.3. The molecule has 12 N–H and O–H groups in total. The predicted octanol–water partition coefficient (Wildman–Crippen LogP) is -3.81. The predicted molar refractivity (Wildman–Crippen MR) is 139 cm³/mol. The van der Waals surface area contributed by atoms with Gasteiger partial charge in [0.1, 0.15) is 0 Å². The fourth-order valence-corrected chi connectivity index (χ4v) is 1.52. The van der Waals surface area contributed by atoms with E-state index in [0.29, 0.717) is 39.3 Å². The minimum Gasteiger partial charge on any atom is -0.395 e. The fourth-order valence-electron chi connectivity index (χ4n) is 1.52. The zero-order chi connectivity index (χ0) is 29.4. The quantitative estimate of drug-likeness (QED) is 0.0975. The van der Waals surface area contributed by atoms with Crippen LogP contribution in [-0.2, 0) is 19.2 Å². The van der Waals surface area contributed by atoms with Crippen molar-refractivity contribution in [1.82, 2.24) is 9.80 Å². The van der Waals surface area contributed by atoms with Crippen LogP contribution in [0.2, 0.25) is 0 Å². The first-order valence-electron chi connectivity index (χ1n) is 10.4. The number of hydrogen-bond acceptors (Lipinski definition) is 10. The number of hydrogen-bond donors (Lipinski definition) is 8. The molecule has 14 heteroatoms. The van der Waals surface area contributed by atoms with Crippen LogP contribution in [0.5, 0.6) is 0 Å². The van der Waals surface area contributed by atoms with Crippen LogP contribution >= 0.6 is 0 Å². The van der Waals surface area contributed by atoms with Crippen LogP contribution in [0, 0.1) is 0 Å². The molecule has 0 aliphatic heterocycles. The Labute approximate surface area is 212 Å². The van der Waals surface area contributed by atoms with Gasteiger partial charge in [0.25, 0.3) is 0 Å². The lowest BCUT2D eigenvalue weighted by molar-refractivity contribution is -0.114. The second-order valence-corrected chi connectivity index (χ2v) is 6.00. The van der Waals surface area contributed by atoms with Crippen LogP contribution in [0.4, 0.5) is 0 Å². The summed E-state index contributed by atoms with van der Waals surface area (Å²) in [6.07, 6.45) is 4.22. The highest BCUT2D eigenvalue weighted by Gasteiger charge is 2.07. The Hall–Kier alpha value is -3.40. The van der Waals surface area contributed by atoms with E-state index in [1.165, 1.54) is 0 Å². The first-order chi connectivity index (χ1) is 16.9. The smallest absolute Gasteiger partial charge is 0.240 e. The number of aliphatic hydroxyl groups is 4. The van der Waals surface area contributed by atoms with Crippen LogP contribution in [0.1, 0.15) is 0 Å². The van der Waals surface area contributed by atoms with Crippen molar-refractivity contribution >= 4 is 23.6 Å². The Balaban J connectivity index is -0.000000131. The summed E-state index contributed by atoms with van der Waals surface area (Å²) in [6.45, 7) is 16.2. The van der Waals surface area contributed by atoms with Gasteiger partial charge in [-0.25, -0.2) is 0 Å². The Morgan fingerprint density at radius 1 is 0.472 bits per heavy atom. The highest BCUT2D eigenvalue weighted by Crippen LogP contribution is 1.92. The number of nitrogens with two attached hydrogens (primary N) is 4. The molecular weight excluding hydrogens is 476 g/mol. The van der Waals surface area contributed by atoms with Crippen LogP contribution in [0.15, 0.2) is 50.6 Å². The summed E-state index contributed by atoms with van der Waals surface area (Å²) in [5.74, 6) is -1.93. The molecule has 0 atom stereocenters. The van der Waals surface area contributed by atoms with E-state index in [2.05, 4.69) is 49.3 Å². The summed E-state index contributed by atoms with van der Waals surface area (Å²) in [6, 6.07) is 0. The second kappa shape index (κ2) is 36.2. The van der Waals surface area contributed by atoms with Crippen molar-refractivity contribution < 1.29 is 39.6 Å². The first kappa shape index (κ1) is 42.7. The molecule has 0 rings (SSSR count). The second-order valence-electron chi connectivity index (χ2n) is 6.00. The Morgan fingerprint density at radius 2 is 0.611 bits per heavy atom. The number of primary amides is 4. The van der Waals surface area contributed by atoms with Crippen molar-refractivity contribution in [3.05, 3.63) is 50.6 Å². The number of aliphatic hydroxyl groups excluding tert-OH is 4. The van der Waals surface area contributed by atoms with E-state index in [-0.39, 0.29) is 26.4 Å². The summed E-state index contributed by atoms with van der Waals surface area (Å²) in [4.78, 5) is 41.8. The maximum atomic E-state index is 9.47. The molecule has 0 fully saturated rings. The van der Waals surface area contributed by atoms with Gasteiger partial charge >= 0.3 is 0 Å². The number of carbonyl (C=O) groups is 4. The molecule has 0 aliphatic rings. The van der Waals surface area contributed by atoms with E-state index in [1.54, 1.807) is 0 Å². The van der Waals surface area contributed by atoms with Crippen molar-refractivity contribution in [2.45, 2.75) is 0 Å². The zero-order valence-electron chi connectivity index (χ0n) is 20.8. The van der Waals surface area contributed by atoms with E-state index < -0.39 is 23.6 Å². The van der Waals surface area contributed by atoms with Crippen molar-refractivity contribution in [3.63, 3.8) is 0 Å². The maximum absolute atomic E-state index is 9.47. The van der Waals surface area contributed by atoms with Crippen molar-refractivity contribution in [2.24, 2.45) is 22.9 Å². The SMILES string of the molecule is C=CC(N)=O.C=CC(N)=O.C=CC(N)=O.C=CC(N)=O.OCCN(CCO)CCN(CCO)CCO. The van der Waals surface area contributed by atoms with Gasteiger partial charge in [-0.1, -0.05) is 26.3 Å². The average Bonchev–Trinajstić information content (AvgIpc) is 2.84. The Kier molecular flexibility index (Phi) is 42.9. The molecular formula is C22H44N6O8. The number of carbonyl (C=O) groups excluding carboxylic acids is 4. The van der Waals surface area contributed by atoms with Gasteiger partial charge in [0.2, 0.25) is 23.6 Å². The van der Waals surface area contributed by atoms with Gasteiger partial charge in [0.15, 0.2) is 0 Å². The molecule has 0 unspecified atom stereocenters. The lowest BCUT2D eigenvalue weighted by atomic mass is 10.4. The molecule has 36 heavy (non-hydrogen) atoms. The average molecular weight is 521 g/mol. The molecule has 0 saturated heterocycles. The standard InChI is InChI=1S/C10H24N2O4.4C3H5NO/c13-7-3-11(4-8-14)1-2-12(5-9-15)6-10-16;4*1-2-3(4)5/h13-16H,1-10H2;4*2H,1H2,(H2,4,5). The highest BCUT2D eigenvalue weighted by atomic mass is 16.3. The third-order valence-electron chi connectivity index (χ3n) is 3.20. The molecule has 0 aromatic rings. The van der Waals surface area contributed by atoms with Crippen molar-refractivity contribution in [1.29, 1.82) is 0 Å². The van der Waals surface area contributed by atoms with Gasteiger partial charge in [0.05, 0.1) is 26.4 Å². The number of amides is 4. The van der Waals surface area contributed by atoms with Gasteiger partial charge in [-0.3, -0.25) is 29.0 Å². The first-order valence-corrected chi connectivity index (χ1v) is 10.4. The molecule has 0 spiro atoms. The monoisotopic (exact) mass is 520 g/mol. The van der Waals surface area contributed by atoms with E-state index >= 15 is 0 Å². The zero-order valence-corrected chi connectivity index (χ0v) is 20.8. The lowest BCUT2D eigenvalue weighted by Gasteiger charge is -2.25. The number of nitrogens with zero attached hydrogens (tertiary/aromatic N) is 2. The Morgan fingerprint density at radius 3 is 0.694 bits per heavy atom. The van der Waals surface area contributed by atoms with E-state index in [0.717, 1.165) is 24.3 Å². The minimum atomic E-state index is -0.481. The normalized spacial score (nSPS) is 8.72. The van der Waals surface area contributed by atoms with Gasteiger partial charge in [0, 0.05) is 39.3 Å². The highest BCUT2D eigenvalue weighted by molar-refractivity contribution is 5.85. The number of rotatable bonds is 15. The van der Waals surface area contributed by atoms with Gasteiger partial charge in [-0.15, -0.1) is 0 Å². The molecule has 0 bridgehead atoms. The Bertz CT molecular complexity index is 517. The van der Waals surface area contributed by atoms with E-state index in [9.17, 15) is 19.2 Å². The molecule has 0 aromatic carbocycles. The fraction of sp³-hybridized carbons (Fsp3) is 0.455. The largest absolute Gasteiger partial charge is 0.395 e. The molecule has 0 radical (unpaired) electrons. The molecule has 0 saturated carbocycles. The van der Waals surface area contributed by atoms with Gasteiger partial charge in [-0.2, -0.15) is 0 Å². The summed E-state index contributed by atoms with van der Waals surface area (Å²) >= 11 is 0. The van der Waals surface area contributed by atoms with Crippen LogP contribution < -0.4 is 22.9 Å². The minimum absolute atomic E-state index is 0.0694. The van der Waals surface area contributed by atoms with Crippen LogP contribution in [0.25, 0.3) is 0 Å². The van der Waals surface area contributed by atoms with Crippen molar-refractivity contribution in [3.8, 4) is 0 Å². The van der Waals surface area contributed by atoms with Crippen molar-refractivity contribution in [2.75, 3.05) is 65.7 Å². The van der Waals surface area contributed by atoms with Crippen LogP contribution in [0.3, 0.4) is 0 Å². The maximum Gasteiger partial charge on any atom is 0.240 e. The third-order valence-corrected chi connectivity index (χ3v) is 3.20. The molecule has 0 aliphatic carbocycles. The summed E-state index contributed by atoms with van der Waals surface area (Å²) in [7, 11) is 0. The lowest BCUT2D eigenvalue weighted by Crippen LogP contribution is -2.40. The van der Waals surface area contributed by atoms with Crippen LogP contribution in [-0.4, -0.2) is 120 Å². The molecule has 210 valence electrons. The van der Waals surface area contributed by atoms with E-state index in [4.69, 9.17) is 20.4 Å². The summed E-state index contributed by atoms with van der Waals surface area (Å²) in [5.41, 5.74) is 18.1. The molecule has 4 amide bonds. The summed E-state index contributed by atoms with van der Waals surface area (Å²) < 4.78 is 0. The van der Waals surface area contributed by atoms with E-state index in [1.807, 2.05) is 9.80 Å². The molecule has 0 aromatic heterocycles. The third kappa shape index (κ3) is 57.5. The molecule has 14 nitrogen and oxygen atoms in total.